The van der Waals surface area contributed by atoms with E-state index in [1.54, 1.807) is 23.1 Å². The number of benzene rings is 2. The number of fused-ring (bicyclic) bond motifs is 1. The summed E-state index contributed by atoms with van der Waals surface area (Å²) in [6.45, 7) is 0.643. The van der Waals surface area contributed by atoms with Crippen molar-refractivity contribution in [2.45, 2.75) is 37.9 Å². The highest BCUT2D eigenvalue weighted by atomic mass is 32.2. The number of nitrogens with one attached hydrogen (secondary N) is 1. The van der Waals surface area contributed by atoms with Crippen LogP contribution in [0, 0.1) is 11.7 Å². The fourth-order valence-corrected chi connectivity index (χ4v) is 5.30. The van der Waals surface area contributed by atoms with Gasteiger partial charge in [-0.3, -0.25) is 9.52 Å². The Kier molecular flexibility index (Phi) is 5.10. The SMILES string of the molecule is O=C(C1CCCC1)N1CCc2ccc(NS(=O)(=O)Cc3cccc(F)c3)cc21. The van der Waals surface area contributed by atoms with E-state index < -0.39 is 15.8 Å². The first kappa shape index (κ1) is 18.9. The minimum Gasteiger partial charge on any atom is -0.312 e. The molecule has 5 nitrogen and oxygen atoms in total. The number of hydrogen-bond donors (Lipinski definition) is 1. The Balaban J connectivity index is 1.52. The van der Waals surface area contributed by atoms with Crippen LogP contribution in [0.2, 0.25) is 0 Å². The molecule has 0 bridgehead atoms. The summed E-state index contributed by atoms with van der Waals surface area (Å²) in [5.41, 5.74) is 2.65. The van der Waals surface area contributed by atoms with Gasteiger partial charge in [-0.1, -0.05) is 31.0 Å². The number of rotatable bonds is 5. The van der Waals surface area contributed by atoms with Crippen molar-refractivity contribution in [3.63, 3.8) is 0 Å². The van der Waals surface area contributed by atoms with Crippen molar-refractivity contribution in [1.82, 2.24) is 0 Å². The van der Waals surface area contributed by atoms with E-state index in [0.29, 0.717) is 17.8 Å². The molecule has 2 aromatic carbocycles. The van der Waals surface area contributed by atoms with Gasteiger partial charge in [-0.25, -0.2) is 12.8 Å². The number of nitrogens with zero attached hydrogens (tertiary/aromatic N) is 1. The van der Waals surface area contributed by atoms with Crippen LogP contribution in [0.4, 0.5) is 15.8 Å². The lowest BCUT2D eigenvalue weighted by Crippen LogP contribution is -2.33. The second-order valence-electron chi connectivity index (χ2n) is 7.56. The molecule has 1 aliphatic heterocycles. The number of carbonyl (C=O) groups is 1. The van der Waals surface area contributed by atoms with Crippen LogP contribution in [-0.2, 0) is 27.0 Å². The Labute approximate surface area is 164 Å². The molecule has 0 aromatic heterocycles. The normalized spacial score (nSPS) is 17.0. The molecule has 0 spiro atoms. The van der Waals surface area contributed by atoms with Gasteiger partial charge in [-0.2, -0.15) is 0 Å². The predicted octanol–water partition coefficient (Wildman–Crippen LogP) is 3.85. The van der Waals surface area contributed by atoms with Gasteiger partial charge in [0.2, 0.25) is 15.9 Å². The molecule has 28 heavy (non-hydrogen) atoms. The van der Waals surface area contributed by atoms with E-state index in [2.05, 4.69) is 4.72 Å². The van der Waals surface area contributed by atoms with Gasteiger partial charge in [0.15, 0.2) is 0 Å². The van der Waals surface area contributed by atoms with Gasteiger partial charge in [-0.05, 0) is 54.7 Å². The summed E-state index contributed by atoms with van der Waals surface area (Å²) in [5.74, 6) is -0.548. The van der Waals surface area contributed by atoms with Crippen molar-refractivity contribution in [3.8, 4) is 0 Å². The molecular weight excluding hydrogens is 379 g/mol. The molecule has 4 rings (SSSR count). The van der Waals surface area contributed by atoms with Gasteiger partial charge in [0.05, 0.1) is 11.4 Å². The van der Waals surface area contributed by atoms with Crippen LogP contribution in [0.25, 0.3) is 0 Å². The Bertz CT molecular complexity index is 1000. The zero-order valence-electron chi connectivity index (χ0n) is 15.5. The lowest BCUT2D eigenvalue weighted by Gasteiger charge is -2.21. The molecule has 0 atom stereocenters. The van der Waals surface area contributed by atoms with Gasteiger partial charge >= 0.3 is 0 Å². The minimum absolute atomic E-state index is 0.0827. The van der Waals surface area contributed by atoms with Crippen LogP contribution in [0.3, 0.4) is 0 Å². The molecule has 1 aliphatic carbocycles. The molecular formula is C21H23FN2O3S. The number of halogens is 1. The second-order valence-corrected chi connectivity index (χ2v) is 9.28. The van der Waals surface area contributed by atoms with Gasteiger partial charge in [0.1, 0.15) is 5.82 Å². The van der Waals surface area contributed by atoms with Crippen molar-refractivity contribution >= 4 is 27.3 Å². The monoisotopic (exact) mass is 402 g/mol. The first-order chi connectivity index (χ1) is 13.4. The lowest BCUT2D eigenvalue weighted by molar-refractivity contribution is -0.122. The van der Waals surface area contributed by atoms with E-state index in [9.17, 15) is 17.6 Å². The van der Waals surface area contributed by atoms with Crippen LogP contribution in [-0.4, -0.2) is 20.9 Å². The molecule has 1 heterocycles. The molecule has 7 heteroatoms. The third-order valence-electron chi connectivity index (χ3n) is 5.47. The first-order valence-electron chi connectivity index (χ1n) is 9.60. The summed E-state index contributed by atoms with van der Waals surface area (Å²) in [6.07, 6.45) is 4.84. The lowest BCUT2D eigenvalue weighted by atomic mass is 10.1. The largest absolute Gasteiger partial charge is 0.312 e. The van der Waals surface area contributed by atoms with Crippen LogP contribution in [0.15, 0.2) is 42.5 Å². The van der Waals surface area contributed by atoms with Gasteiger partial charge < -0.3 is 4.90 Å². The molecule has 1 N–H and O–H groups in total. The van der Waals surface area contributed by atoms with Crippen LogP contribution >= 0.6 is 0 Å². The average Bonchev–Trinajstić information content (AvgIpc) is 3.30. The molecule has 1 fully saturated rings. The molecule has 1 saturated carbocycles. The molecule has 0 radical (unpaired) electrons. The van der Waals surface area contributed by atoms with Crippen molar-refractivity contribution in [3.05, 3.63) is 59.4 Å². The fraction of sp³-hybridized carbons (Fsp3) is 0.381. The summed E-state index contributed by atoms with van der Waals surface area (Å²) in [6, 6.07) is 10.9. The van der Waals surface area contributed by atoms with Gasteiger partial charge in [0.25, 0.3) is 0 Å². The van der Waals surface area contributed by atoms with E-state index in [0.717, 1.165) is 43.4 Å². The second kappa shape index (κ2) is 7.54. The Morgan fingerprint density at radius 1 is 1.14 bits per heavy atom. The van der Waals surface area contributed by atoms with Gasteiger partial charge in [-0.15, -0.1) is 0 Å². The summed E-state index contributed by atoms with van der Waals surface area (Å²) >= 11 is 0. The van der Waals surface area contributed by atoms with Crippen LogP contribution < -0.4 is 9.62 Å². The van der Waals surface area contributed by atoms with Crippen molar-refractivity contribution in [1.29, 1.82) is 0 Å². The van der Waals surface area contributed by atoms with Gasteiger partial charge in [0, 0.05) is 18.2 Å². The van der Waals surface area contributed by atoms with Crippen molar-refractivity contribution in [2.24, 2.45) is 5.92 Å². The first-order valence-corrected chi connectivity index (χ1v) is 11.3. The fourth-order valence-electron chi connectivity index (χ4n) is 4.13. The third kappa shape index (κ3) is 4.04. The Morgan fingerprint density at radius 2 is 1.93 bits per heavy atom. The maximum Gasteiger partial charge on any atom is 0.236 e. The highest BCUT2D eigenvalue weighted by Crippen LogP contribution is 2.35. The quantitative estimate of drug-likeness (QED) is 0.826. The maximum absolute atomic E-state index is 13.3. The van der Waals surface area contributed by atoms with E-state index in [-0.39, 0.29) is 17.6 Å². The van der Waals surface area contributed by atoms with Crippen LogP contribution in [0.5, 0.6) is 0 Å². The molecule has 2 aromatic rings. The number of sulfonamides is 1. The average molecular weight is 402 g/mol. The smallest absolute Gasteiger partial charge is 0.236 e. The topological polar surface area (TPSA) is 66.5 Å². The van der Waals surface area contributed by atoms with Crippen molar-refractivity contribution < 1.29 is 17.6 Å². The summed E-state index contributed by atoms with van der Waals surface area (Å²) in [4.78, 5) is 14.6. The highest BCUT2D eigenvalue weighted by Gasteiger charge is 2.32. The Hall–Kier alpha value is -2.41. The highest BCUT2D eigenvalue weighted by molar-refractivity contribution is 7.91. The predicted molar refractivity (Wildman–Crippen MR) is 107 cm³/mol. The molecule has 148 valence electrons. The maximum atomic E-state index is 13.3. The molecule has 0 unspecified atom stereocenters. The number of carbonyl (C=O) groups excluding carboxylic acids is 1. The molecule has 2 aliphatic rings. The molecule has 0 saturated heterocycles. The van der Waals surface area contributed by atoms with Crippen LogP contribution in [0.1, 0.15) is 36.8 Å². The number of amides is 1. The third-order valence-corrected chi connectivity index (χ3v) is 6.73. The standard InChI is InChI=1S/C21H23FN2O3S/c22-18-7-3-4-15(12-18)14-28(26,27)23-19-9-8-16-10-11-24(20(16)13-19)21(25)17-5-1-2-6-17/h3-4,7-9,12-13,17,23H,1-2,5-6,10-11,14H2. The van der Waals surface area contributed by atoms with Crippen molar-refractivity contribution in [2.75, 3.05) is 16.2 Å². The number of hydrogen-bond acceptors (Lipinski definition) is 3. The summed E-state index contributed by atoms with van der Waals surface area (Å²) in [5, 5.41) is 0. The van der Waals surface area contributed by atoms with E-state index >= 15 is 0 Å². The van der Waals surface area contributed by atoms with E-state index in [1.165, 1.54) is 18.2 Å². The Morgan fingerprint density at radius 3 is 2.68 bits per heavy atom. The summed E-state index contributed by atoms with van der Waals surface area (Å²) < 4.78 is 40.9. The van der Waals surface area contributed by atoms with E-state index in [1.807, 2.05) is 6.07 Å². The minimum atomic E-state index is -3.70. The number of anilines is 2. The van der Waals surface area contributed by atoms with E-state index in [4.69, 9.17) is 0 Å². The summed E-state index contributed by atoms with van der Waals surface area (Å²) in [7, 11) is -3.70. The zero-order chi connectivity index (χ0) is 19.7. The molecule has 1 amide bonds. The zero-order valence-corrected chi connectivity index (χ0v) is 16.3.